The Morgan fingerprint density at radius 3 is 3.07 bits per heavy atom. The van der Waals surface area contributed by atoms with E-state index in [1.807, 2.05) is 12.3 Å². The minimum Gasteiger partial charge on any atom is -0.383 e. The Bertz CT molecular complexity index is 262. The Balaban J connectivity index is 2.29. The predicted molar refractivity (Wildman–Crippen MR) is 58.3 cm³/mol. The van der Waals surface area contributed by atoms with Gasteiger partial charge in [0.25, 0.3) is 0 Å². The average Bonchev–Trinajstić information content (AvgIpc) is 2.61. The SMILES string of the molecule is COCCNCc1csc(C(C)N)n1. The van der Waals surface area contributed by atoms with Gasteiger partial charge in [-0.1, -0.05) is 0 Å². The molecule has 1 aromatic heterocycles. The van der Waals surface area contributed by atoms with E-state index in [0.717, 1.165) is 30.4 Å². The van der Waals surface area contributed by atoms with Gasteiger partial charge in [0, 0.05) is 25.6 Å². The molecule has 0 aliphatic rings. The van der Waals surface area contributed by atoms with Crippen LogP contribution in [0, 0.1) is 0 Å². The van der Waals surface area contributed by atoms with E-state index in [4.69, 9.17) is 10.5 Å². The van der Waals surface area contributed by atoms with Gasteiger partial charge >= 0.3 is 0 Å². The lowest BCUT2D eigenvalue weighted by Crippen LogP contribution is -2.18. The molecule has 1 atom stereocenters. The Labute approximate surface area is 88.5 Å². The third kappa shape index (κ3) is 3.71. The summed E-state index contributed by atoms with van der Waals surface area (Å²) < 4.78 is 4.92. The Kier molecular flexibility index (Phi) is 5.03. The summed E-state index contributed by atoms with van der Waals surface area (Å²) in [5.41, 5.74) is 6.76. The first-order chi connectivity index (χ1) is 6.74. The maximum Gasteiger partial charge on any atom is 0.109 e. The van der Waals surface area contributed by atoms with Crippen LogP contribution in [0.5, 0.6) is 0 Å². The van der Waals surface area contributed by atoms with Crippen molar-refractivity contribution < 1.29 is 4.74 Å². The van der Waals surface area contributed by atoms with Gasteiger partial charge in [0.05, 0.1) is 18.3 Å². The zero-order valence-corrected chi connectivity index (χ0v) is 9.43. The van der Waals surface area contributed by atoms with Gasteiger partial charge in [0.2, 0.25) is 0 Å². The molecule has 1 rings (SSSR count). The second-order valence-corrected chi connectivity index (χ2v) is 4.03. The lowest BCUT2D eigenvalue weighted by atomic mass is 10.4. The molecule has 1 unspecified atom stereocenters. The van der Waals surface area contributed by atoms with Gasteiger partial charge in [-0.05, 0) is 6.92 Å². The third-order valence-corrected chi connectivity index (χ3v) is 2.84. The highest BCUT2D eigenvalue weighted by atomic mass is 32.1. The molecule has 80 valence electrons. The van der Waals surface area contributed by atoms with Gasteiger partial charge < -0.3 is 15.8 Å². The summed E-state index contributed by atoms with van der Waals surface area (Å²) in [6.45, 7) is 4.30. The molecule has 5 heteroatoms. The molecule has 1 aromatic rings. The summed E-state index contributed by atoms with van der Waals surface area (Å²) in [5.74, 6) is 0. The van der Waals surface area contributed by atoms with E-state index in [1.165, 1.54) is 0 Å². The number of hydrogen-bond donors (Lipinski definition) is 2. The summed E-state index contributed by atoms with van der Waals surface area (Å²) >= 11 is 1.61. The molecule has 0 radical (unpaired) electrons. The van der Waals surface area contributed by atoms with Crippen molar-refractivity contribution in [3.05, 3.63) is 16.1 Å². The Hall–Kier alpha value is -0.490. The van der Waals surface area contributed by atoms with Crippen LogP contribution in [0.2, 0.25) is 0 Å². The van der Waals surface area contributed by atoms with E-state index in [9.17, 15) is 0 Å². The third-order valence-electron chi connectivity index (χ3n) is 1.75. The highest BCUT2D eigenvalue weighted by molar-refractivity contribution is 7.09. The normalized spacial score (nSPS) is 13.1. The lowest BCUT2D eigenvalue weighted by molar-refractivity contribution is 0.199. The van der Waals surface area contributed by atoms with Gasteiger partial charge in [0.15, 0.2) is 0 Å². The zero-order valence-electron chi connectivity index (χ0n) is 8.62. The van der Waals surface area contributed by atoms with E-state index in [2.05, 4.69) is 10.3 Å². The van der Waals surface area contributed by atoms with Crippen molar-refractivity contribution in [1.29, 1.82) is 0 Å². The number of nitrogens with one attached hydrogen (secondary N) is 1. The standard InChI is InChI=1S/C9H17N3OS/c1-7(10)9-12-8(6-14-9)5-11-3-4-13-2/h6-7,11H,3-5,10H2,1-2H3. The van der Waals surface area contributed by atoms with Crippen molar-refractivity contribution in [2.45, 2.75) is 19.5 Å². The number of hydrogen-bond acceptors (Lipinski definition) is 5. The second-order valence-electron chi connectivity index (χ2n) is 3.14. The van der Waals surface area contributed by atoms with Crippen molar-refractivity contribution in [1.82, 2.24) is 10.3 Å². The maximum atomic E-state index is 5.71. The molecule has 4 nitrogen and oxygen atoms in total. The predicted octanol–water partition coefficient (Wildman–Crippen LogP) is 0.899. The minimum atomic E-state index is 0.0349. The highest BCUT2D eigenvalue weighted by Crippen LogP contribution is 2.15. The first-order valence-electron chi connectivity index (χ1n) is 4.63. The topological polar surface area (TPSA) is 60.2 Å². The van der Waals surface area contributed by atoms with Crippen molar-refractivity contribution in [2.75, 3.05) is 20.3 Å². The fraction of sp³-hybridized carbons (Fsp3) is 0.667. The number of methoxy groups -OCH3 is 1. The molecule has 0 bridgehead atoms. The summed E-state index contributed by atoms with van der Waals surface area (Å²) in [5, 5.41) is 6.27. The smallest absolute Gasteiger partial charge is 0.109 e. The van der Waals surface area contributed by atoms with Gasteiger partial charge in [-0.25, -0.2) is 4.98 Å². The minimum absolute atomic E-state index is 0.0349. The van der Waals surface area contributed by atoms with Crippen LogP contribution in [0.1, 0.15) is 23.7 Å². The fourth-order valence-electron chi connectivity index (χ4n) is 1.00. The molecular weight excluding hydrogens is 198 g/mol. The van der Waals surface area contributed by atoms with Gasteiger partial charge in [0.1, 0.15) is 5.01 Å². The van der Waals surface area contributed by atoms with Gasteiger partial charge in [-0.3, -0.25) is 0 Å². The molecule has 0 aliphatic heterocycles. The molecule has 0 amide bonds. The van der Waals surface area contributed by atoms with Crippen LogP contribution in [0.25, 0.3) is 0 Å². The first-order valence-corrected chi connectivity index (χ1v) is 5.51. The average molecular weight is 215 g/mol. The molecule has 14 heavy (non-hydrogen) atoms. The molecule has 0 fully saturated rings. The van der Waals surface area contributed by atoms with E-state index in [1.54, 1.807) is 18.4 Å². The highest BCUT2D eigenvalue weighted by Gasteiger charge is 2.04. The van der Waals surface area contributed by atoms with E-state index >= 15 is 0 Å². The number of nitrogens with zero attached hydrogens (tertiary/aromatic N) is 1. The number of nitrogens with two attached hydrogens (primary N) is 1. The summed E-state index contributed by atoms with van der Waals surface area (Å²) in [7, 11) is 1.69. The molecule has 1 heterocycles. The monoisotopic (exact) mass is 215 g/mol. The Morgan fingerprint density at radius 1 is 1.71 bits per heavy atom. The number of thiazole rings is 1. The fourth-order valence-corrected chi connectivity index (χ4v) is 1.78. The van der Waals surface area contributed by atoms with Crippen LogP contribution in [-0.4, -0.2) is 25.2 Å². The van der Waals surface area contributed by atoms with Crippen LogP contribution < -0.4 is 11.1 Å². The summed E-state index contributed by atoms with van der Waals surface area (Å²) in [6, 6.07) is 0.0349. The summed E-state index contributed by atoms with van der Waals surface area (Å²) in [4.78, 5) is 4.40. The van der Waals surface area contributed by atoms with Crippen molar-refractivity contribution in [3.8, 4) is 0 Å². The number of ether oxygens (including phenoxy) is 1. The largest absolute Gasteiger partial charge is 0.383 e. The zero-order chi connectivity index (χ0) is 10.4. The molecule has 0 saturated carbocycles. The molecule has 0 aliphatic carbocycles. The summed E-state index contributed by atoms with van der Waals surface area (Å²) in [6.07, 6.45) is 0. The molecule has 0 spiro atoms. The molecule has 3 N–H and O–H groups in total. The quantitative estimate of drug-likeness (QED) is 0.692. The first kappa shape index (κ1) is 11.6. The van der Waals surface area contributed by atoms with Crippen LogP contribution >= 0.6 is 11.3 Å². The van der Waals surface area contributed by atoms with Crippen molar-refractivity contribution >= 4 is 11.3 Å². The maximum absolute atomic E-state index is 5.71. The van der Waals surface area contributed by atoms with Crippen molar-refractivity contribution in [3.63, 3.8) is 0 Å². The molecule has 0 aromatic carbocycles. The number of aromatic nitrogens is 1. The van der Waals surface area contributed by atoms with Crippen molar-refractivity contribution in [2.24, 2.45) is 5.73 Å². The van der Waals surface area contributed by atoms with Crippen LogP contribution in [0.4, 0.5) is 0 Å². The van der Waals surface area contributed by atoms with Crippen LogP contribution in [-0.2, 0) is 11.3 Å². The molecule has 0 saturated heterocycles. The van der Waals surface area contributed by atoms with Gasteiger partial charge in [-0.15, -0.1) is 11.3 Å². The van der Waals surface area contributed by atoms with Crippen LogP contribution in [0.3, 0.4) is 0 Å². The molecular formula is C9H17N3OS. The van der Waals surface area contributed by atoms with Crippen LogP contribution in [0.15, 0.2) is 5.38 Å². The van der Waals surface area contributed by atoms with Gasteiger partial charge in [-0.2, -0.15) is 0 Å². The number of rotatable bonds is 6. The second kappa shape index (κ2) is 6.08. The Morgan fingerprint density at radius 2 is 2.50 bits per heavy atom. The van der Waals surface area contributed by atoms with E-state index < -0.39 is 0 Å². The van der Waals surface area contributed by atoms with E-state index in [-0.39, 0.29) is 6.04 Å². The van der Waals surface area contributed by atoms with E-state index in [0.29, 0.717) is 0 Å². The lowest BCUT2D eigenvalue weighted by Gasteiger charge is -2.01.